The zero-order chi connectivity index (χ0) is 9.42. The molecule has 1 aliphatic heterocycles. The fourth-order valence-corrected chi connectivity index (χ4v) is 2.16. The van der Waals surface area contributed by atoms with Gasteiger partial charge in [-0.05, 0) is 28.1 Å². The number of benzene rings is 1. The zero-order valence-corrected chi connectivity index (χ0v) is 9.93. The van der Waals surface area contributed by atoms with Crippen molar-refractivity contribution in [2.75, 3.05) is 5.33 Å². The molecule has 1 aromatic rings. The molecule has 1 aromatic carbocycles. The lowest BCUT2D eigenvalue weighted by atomic mass is 10.1. The molecular formula is C9H8Br2O2. The lowest BCUT2D eigenvalue weighted by Crippen LogP contribution is -2.13. The number of fused-ring (bicyclic) bond motifs is 1. The number of rotatable bonds is 1. The molecule has 0 bridgehead atoms. The van der Waals surface area contributed by atoms with Crippen LogP contribution in [0.5, 0.6) is 11.5 Å². The highest BCUT2D eigenvalue weighted by Crippen LogP contribution is 2.40. The Labute approximate surface area is 93.2 Å². The lowest BCUT2D eigenvalue weighted by Gasteiger charge is -2.04. The van der Waals surface area contributed by atoms with E-state index in [0.717, 1.165) is 27.5 Å². The molecule has 2 rings (SSSR count). The monoisotopic (exact) mass is 306 g/mol. The van der Waals surface area contributed by atoms with Crippen molar-refractivity contribution in [2.24, 2.45) is 0 Å². The van der Waals surface area contributed by atoms with E-state index < -0.39 is 0 Å². The van der Waals surface area contributed by atoms with Crippen LogP contribution in [0.2, 0.25) is 0 Å². The first kappa shape index (κ1) is 9.34. The smallest absolute Gasteiger partial charge is 0.136 e. The van der Waals surface area contributed by atoms with Crippen LogP contribution in [0.4, 0.5) is 0 Å². The maximum absolute atomic E-state index is 9.69. The fraction of sp³-hybridized carbons (Fsp3) is 0.333. The van der Waals surface area contributed by atoms with Crippen molar-refractivity contribution in [1.29, 1.82) is 0 Å². The summed E-state index contributed by atoms with van der Waals surface area (Å²) in [5, 5.41) is 10.5. The maximum atomic E-state index is 9.69. The van der Waals surface area contributed by atoms with Gasteiger partial charge in [0.25, 0.3) is 0 Å². The van der Waals surface area contributed by atoms with Crippen LogP contribution < -0.4 is 4.74 Å². The molecule has 1 aliphatic rings. The van der Waals surface area contributed by atoms with E-state index in [1.807, 2.05) is 6.07 Å². The number of alkyl halides is 1. The topological polar surface area (TPSA) is 29.5 Å². The Morgan fingerprint density at radius 1 is 1.54 bits per heavy atom. The number of hydrogen-bond donors (Lipinski definition) is 1. The Morgan fingerprint density at radius 3 is 3.00 bits per heavy atom. The molecule has 0 saturated heterocycles. The Hall–Kier alpha value is -0.220. The quantitative estimate of drug-likeness (QED) is 0.809. The van der Waals surface area contributed by atoms with Gasteiger partial charge in [-0.25, -0.2) is 0 Å². The van der Waals surface area contributed by atoms with Crippen molar-refractivity contribution in [3.8, 4) is 11.5 Å². The second-order valence-corrected chi connectivity index (χ2v) is 4.47. The van der Waals surface area contributed by atoms with Crippen LogP contribution in [0.1, 0.15) is 5.56 Å². The molecule has 2 nitrogen and oxygen atoms in total. The van der Waals surface area contributed by atoms with Crippen LogP contribution in [-0.4, -0.2) is 16.5 Å². The van der Waals surface area contributed by atoms with E-state index in [1.54, 1.807) is 6.07 Å². The Balaban J connectivity index is 2.40. The van der Waals surface area contributed by atoms with Gasteiger partial charge in [-0.15, -0.1) is 0 Å². The van der Waals surface area contributed by atoms with Gasteiger partial charge in [-0.2, -0.15) is 0 Å². The van der Waals surface area contributed by atoms with Gasteiger partial charge in [-0.1, -0.05) is 15.9 Å². The van der Waals surface area contributed by atoms with Crippen LogP contribution in [0.15, 0.2) is 16.6 Å². The first-order valence-electron chi connectivity index (χ1n) is 3.95. The molecule has 70 valence electrons. The van der Waals surface area contributed by atoms with Gasteiger partial charge < -0.3 is 9.84 Å². The molecule has 0 aliphatic carbocycles. The Kier molecular flexibility index (Phi) is 2.51. The van der Waals surface area contributed by atoms with Crippen LogP contribution >= 0.6 is 31.9 Å². The number of phenols is 1. The van der Waals surface area contributed by atoms with E-state index >= 15 is 0 Å². The average molecular weight is 308 g/mol. The third-order valence-corrected chi connectivity index (χ3v) is 3.45. The first-order chi connectivity index (χ1) is 6.22. The van der Waals surface area contributed by atoms with Gasteiger partial charge >= 0.3 is 0 Å². The minimum Gasteiger partial charge on any atom is -0.506 e. The van der Waals surface area contributed by atoms with Crippen LogP contribution in [-0.2, 0) is 6.42 Å². The minimum atomic E-state index is 0.148. The summed E-state index contributed by atoms with van der Waals surface area (Å²) in [4.78, 5) is 0. The fourth-order valence-electron chi connectivity index (χ4n) is 1.43. The number of ether oxygens (including phenoxy) is 1. The van der Waals surface area contributed by atoms with Crippen molar-refractivity contribution < 1.29 is 9.84 Å². The lowest BCUT2D eigenvalue weighted by molar-refractivity contribution is 0.260. The summed E-state index contributed by atoms with van der Waals surface area (Å²) in [5.41, 5.74) is 0.902. The van der Waals surface area contributed by atoms with Crippen molar-refractivity contribution in [2.45, 2.75) is 12.5 Å². The van der Waals surface area contributed by atoms with E-state index in [4.69, 9.17) is 4.74 Å². The third kappa shape index (κ3) is 1.57. The van der Waals surface area contributed by atoms with E-state index in [1.165, 1.54) is 0 Å². The average Bonchev–Trinajstić information content (AvgIpc) is 2.55. The highest BCUT2D eigenvalue weighted by atomic mass is 79.9. The van der Waals surface area contributed by atoms with Crippen LogP contribution in [0.25, 0.3) is 0 Å². The van der Waals surface area contributed by atoms with Crippen LogP contribution in [0.3, 0.4) is 0 Å². The zero-order valence-electron chi connectivity index (χ0n) is 6.76. The van der Waals surface area contributed by atoms with E-state index in [-0.39, 0.29) is 6.10 Å². The normalized spacial score (nSPS) is 19.7. The summed E-state index contributed by atoms with van der Waals surface area (Å²) in [5.74, 6) is 1.10. The van der Waals surface area contributed by atoms with Crippen molar-refractivity contribution in [1.82, 2.24) is 0 Å². The summed E-state index contributed by atoms with van der Waals surface area (Å²) in [6, 6.07) is 3.67. The van der Waals surface area contributed by atoms with Gasteiger partial charge in [0.2, 0.25) is 0 Å². The number of hydrogen-bond acceptors (Lipinski definition) is 2. The number of aromatic hydroxyl groups is 1. The van der Waals surface area contributed by atoms with Crippen molar-refractivity contribution >= 4 is 31.9 Å². The molecule has 4 heteroatoms. The molecule has 0 spiro atoms. The maximum Gasteiger partial charge on any atom is 0.136 e. The second-order valence-electron chi connectivity index (χ2n) is 2.97. The van der Waals surface area contributed by atoms with Crippen molar-refractivity contribution in [3.63, 3.8) is 0 Å². The molecule has 0 fully saturated rings. The molecule has 0 amide bonds. The number of halogens is 2. The largest absolute Gasteiger partial charge is 0.506 e. The molecule has 1 N–H and O–H groups in total. The summed E-state index contributed by atoms with van der Waals surface area (Å²) in [6.07, 6.45) is 0.918. The molecule has 1 unspecified atom stereocenters. The summed E-state index contributed by atoms with van der Waals surface area (Å²) < 4.78 is 6.29. The molecule has 1 heterocycles. The van der Waals surface area contributed by atoms with E-state index in [0.29, 0.717) is 5.75 Å². The Morgan fingerprint density at radius 2 is 2.31 bits per heavy atom. The molecule has 0 radical (unpaired) electrons. The summed E-state index contributed by atoms with van der Waals surface area (Å²) in [6.45, 7) is 0. The van der Waals surface area contributed by atoms with Gasteiger partial charge in [-0.3, -0.25) is 0 Å². The predicted molar refractivity (Wildman–Crippen MR) is 57.7 cm³/mol. The molecule has 13 heavy (non-hydrogen) atoms. The standard InChI is InChI=1S/C9H8Br2O2/c10-4-5-3-6-8(13-5)2-1-7(11)9(6)12/h1-2,5,12H,3-4H2. The second kappa shape index (κ2) is 3.50. The minimum absolute atomic E-state index is 0.148. The SMILES string of the molecule is Oc1c(Br)ccc2c1CC(CBr)O2. The summed E-state index contributed by atoms with van der Waals surface area (Å²) >= 11 is 6.63. The van der Waals surface area contributed by atoms with Gasteiger partial charge in [0, 0.05) is 17.3 Å². The molecule has 1 atom stereocenters. The van der Waals surface area contributed by atoms with Gasteiger partial charge in [0.05, 0.1) is 4.47 Å². The Bertz CT molecular complexity index is 339. The molecule has 0 saturated carbocycles. The van der Waals surface area contributed by atoms with E-state index in [2.05, 4.69) is 31.9 Å². The molecular weight excluding hydrogens is 300 g/mol. The highest BCUT2D eigenvalue weighted by Gasteiger charge is 2.25. The van der Waals surface area contributed by atoms with Gasteiger partial charge in [0.15, 0.2) is 0 Å². The van der Waals surface area contributed by atoms with Crippen molar-refractivity contribution in [3.05, 3.63) is 22.2 Å². The number of phenolic OH excluding ortho intramolecular Hbond substituents is 1. The van der Waals surface area contributed by atoms with Gasteiger partial charge in [0.1, 0.15) is 17.6 Å². The highest BCUT2D eigenvalue weighted by molar-refractivity contribution is 9.10. The third-order valence-electron chi connectivity index (χ3n) is 2.09. The van der Waals surface area contributed by atoms with E-state index in [9.17, 15) is 5.11 Å². The van der Waals surface area contributed by atoms with Crippen LogP contribution in [0, 0.1) is 0 Å². The summed E-state index contributed by atoms with van der Waals surface area (Å²) in [7, 11) is 0. The predicted octanol–water partition coefficient (Wildman–Crippen LogP) is 2.85. The first-order valence-corrected chi connectivity index (χ1v) is 5.86. The molecule has 0 aromatic heterocycles.